The number of amides is 1. The Morgan fingerprint density at radius 3 is 2.41 bits per heavy atom. The summed E-state index contributed by atoms with van der Waals surface area (Å²) in [4.78, 5) is 12.1. The van der Waals surface area contributed by atoms with Gasteiger partial charge in [0.05, 0.1) is 19.7 Å². The van der Waals surface area contributed by atoms with Crippen molar-refractivity contribution in [3.63, 3.8) is 0 Å². The van der Waals surface area contributed by atoms with Gasteiger partial charge in [-0.1, -0.05) is 26.0 Å². The zero-order valence-corrected chi connectivity index (χ0v) is 14.4. The highest BCUT2D eigenvalue weighted by Gasteiger charge is 2.22. The van der Waals surface area contributed by atoms with E-state index in [1.165, 1.54) is 12.8 Å². The van der Waals surface area contributed by atoms with Gasteiger partial charge in [0.1, 0.15) is 5.75 Å². The quantitative estimate of drug-likeness (QED) is 0.772. The molecule has 1 amide bonds. The first-order chi connectivity index (χ1) is 10.1. The molecule has 0 radical (unpaired) electrons. The molecule has 1 saturated carbocycles. The molecule has 4 nitrogen and oxygen atoms in total. The molecule has 0 aliphatic heterocycles. The minimum absolute atomic E-state index is 0. The van der Waals surface area contributed by atoms with Crippen LogP contribution in [0.2, 0.25) is 0 Å². The predicted octanol–water partition coefficient (Wildman–Crippen LogP) is 2.93. The summed E-state index contributed by atoms with van der Waals surface area (Å²) in [6.45, 7) is 5.60. The number of carbonyl (C=O) groups is 1. The molecule has 0 aromatic heterocycles. The molecule has 0 heterocycles. The zero-order valence-electron chi connectivity index (χ0n) is 13.6. The average molecular weight is 327 g/mol. The molecule has 1 aromatic rings. The molecule has 1 atom stereocenters. The van der Waals surface area contributed by atoms with Crippen LogP contribution in [0.5, 0.6) is 5.75 Å². The highest BCUT2D eigenvalue weighted by atomic mass is 35.5. The van der Waals surface area contributed by atoms with Crippen LogP contribution < -0.4 is 15.4 Å². The zero-order chi connectivity index (χ0) is 15.2. The Morgan fingerprint density at radius 1 is 1.27 bits per heavy atom. The third-order valence-electron chi connectivity index (χ3n) is 3.87. The maximum atomic E-state index is 12.1. The van der Waals surface area contributed by atoms with E-state index in [-0.39, 0.29) is 24.4 Å². The first kappa shape index (κ1) is 18.8. The molecule has 1 aliphatic rings. The van der Waals surface area contributed by atoms with Crippen LogP contribution in [0.15, 0.2) is 24.3 Å². The molecule has 1 aliphatic carbocycles. The van der Waals surface area contributed by atoms with E-state index >= 15 is 0 Å². The Morgan fingerprint density at radius 2 is 1.91 bits per heavy atom. The van der Waals surface area contributed by atoms with Crippen LogP contribution in [0.25, 0.3) is 0 Å². The Balaban J connectivity index is 0.00000242. The van der Waals surface area contributed by atoms with Gasteiger partial charge >= 0.3 is 0 Å². The summed E-state index contributed by atoms with van der Waals surface area (Å²) in [5.41, 5.74) is 1.11. The van der Waals surface area contributed by atoms with E-state index in [1.807, 2.05) is 24.3 Å². The topological polar surface area (TPSA) is 50.4 Å². The normalized spacial score (nSPS) is 15.1. The molecule has 1 fully saturated rings. The van der Waals surface area contributed by atoms with Gasteiger partial charge in [-0.15, -0.1) is 12.4 Å². The number of nitrogens with one attached hydrogen (secondary N) is 2. The molecular formula is C17H27ClN2O2. The SMILES string of the molecule is COc1ccc(C(NC(=O)CNCC2CC2)C(C)C)cc1.Cl. The first-order valence-corrected chi connectivity index (χ1v) is 7.74. The monoisotopic (exact) mass is 326 g/mol. The Labute approximate surface area is 139 Å². The Bertz CT molecular complexity index is 458. The molecule has 1 aromatic carbocycles. The highest BCUT2D eigenvalue weighted by molar-refractivity contribution is 5.85. The third kappa shape index (κ3) is 5.85. The molecule has 22 heavy (non-hydrogen) atoms. The fourth-order valence-electron chi connectivity index (χ4n) is 2.38. The van der Waals surface area contributed by atoms with Gasteiger partial charge in [-0.2, -0.15) is 0 Å². The summed E-state index contributed by atoms with van der Waals surface area (Å²) < 4.78 is 5.17. The van der Waals surface area contributed by atoms with Crippen molar-refractivity contribution in [2.45, 2.75) is 32.7 Å². The molecule has 0 spiro atoms. The van der Waals surface area contributed by atoms with Crippen LogP contribution in [-0.4, -0.2) is 26.1 Å². The minimum Gasteiger partial charge on any atom is -0.497 e. The van der Waals surface area contributed by atoms with Gasteiger partial charge in [-0.25, -0.2) is 0 Å². The number of ether oxygens (including phenoxy) is 1. The van der Waals surface area contributed by atoms with E-state index in [1.54, 1.807) is 7.11 Å². The maximum Gasteiger partial charge on any atom is 0.234 e. The second kappa shape index (κ2) is 9.01. The summed E-state index contributed by atoms with van der Waals surface area (Å²) in [7, 11) is 1.66. The molecule has 124 valence electrons. The van der Waals surface area contributed by atoms with Gasteiger partial charge in [0.2, 0.25) is 5.91 Å². The van der Waals surface area contributed by atoms with Crippen molar-refractivity contribution >= 4 is 18.3 Å². The van der Waals surface area contributed by atoms with Crippen molar-refractivity contribution in [3.8, 4) is 5.75 Å². The first-order valence-electron chi connectivity index (χ1n) is 7.74. The summed E-state index contributed by atoms with van der Waals surface area (Å²) in [6.07, 6.45) is 2.60. The van der Waals surface area contributed by atoms with E-state index in [2.05, 4.69) is 24.5 Å². The number of benzene rings is 1. The third-order valence-corrected chi connectivity index (χ3v) is 3.87. The number of rotatable bonds is 8. The highest BCUT2D eigenvalue weighted by Crippen LogP contribution is 2.27. The van der Waals surface area contributed by atoms with Gasteiger partial charge in [0.15, 0.2) is 0 Å². The standard InChI is InChI=1S/C17H26N2O2.ClH/c1-12(2)17(14-6-8-15(21-3)9-7-14)19-16(20)11-18-10-13-4-5-13;/h6-9,12-13,17-18H,4-5,10-11H2,1-3H3,(H,19,20);1H. The van der Waals surface area contributed by atoms with E-state index in [9.17, 15) is 4.79 Å². The van der Waals surface area contributed by atoms with Crippen molar-refractivity contribution < 1.29 is 9.53 Å². The van der Waals surface area contributed by atoms with Gasteiger partial charge in [0, 0.05) is 0 Å². The number of hydrogen-bond acceptors (Lipinski definition) is 3. The maximum absolute atomic E-state index is 12.1. The van der Waals surface area contributed by atoms with Crippen LogP contribution in [0.1, 0.15) is 38.3 Å². The van der Waals surface area contributed by atoms with E-state index < -0.39 is 0 Å². The fourth-order valence-corrected chi connectivity index (χ4v) is 2.38. The summed E-state index contributed by atoms with van der Waals surface area (Å²) in [6, 6.07) is 7.93. The van der Waals surface area contributed by atoms with Crippen LogP contribution in [0.3, 0.4) is 0 Å². The van der Waals surface area contributed by atoms with Gasteiger partial charge in [-0.3, -0.25) is 4.79 Å². The van der Waals surface area contributed by atoms with E-state index in [0.29, 0.717) is 12.5 Å². The fraction of sp³-hybridized carbons (Fsp3) is 0.588. The van der Waals surface area contributed by atoms with E-state index in [0.717, 1.165) is 23.8 Å². The average Bonchev–Trinajstić information content (AvgIpc) is 3.29. The van der Waals surface area contributed by atoms with Gasteiger partial charge < -0.3 is 15.4 Å². The molecule has 0 saturated heterocycles. The molecule has 1 unspecified atom stereocenters. The van der Waals surface area contributed by atoms with Crippen molar-refractivity contribution in [2.24, 2.45) is 11.8 Å². The van der Waals surface area contributed by atoms with Gasteiger partial charge in [-0.05, 0) is 48.9 Å². The lowest BCUT2D eigenvalue weighted by Gasteiger charge is -2.23. The van der Waals surface area contributed by atoms with Crippen LogP contribution in [0.4, 0.5) is 0 Å². The van der Waals surface area contributed by atoms with Gasteiger partial charge in [0.25, 0.3) is 0 Å². The van der Waals surface area contributed by atoms with E-state index in [4.69, 9.17) is 4.74 Å². The summed E-state index contributed by atoms with van der Waals surface area (Å²) in [5.74, 6) is 2.02. The second-order valence-electron chi connectivity index (χ2n) is 6.14. The van der Waals surface area contributed by atoms with Crippen molar-refractivity contribution in [2.75, 3.05) is 20.2 Å². The Hall–Kier alpha value is -1.26. The molecule has 2 N–H and O–H groups in total. The molecule has 0 bridgehead atoms. The number of hydrogen-bond donors (Lipinski definition) is 2. The summed E-state index contributed by atoms with van der Waals surface area (Å²) in [5, 5.41) is 6.35. The summed E-state index contributed by atoms with van der Waals surface area (Å²) >= 11 is 0. The molecule has 5 heteroatoms. The Kier molecular flexibility index (Phi) is 7.69. The van der Waals surface area contributed by atoms with Crippen LogP contribution in [0, 0.1) is 11.8 Å². The minimum atomic E-state index is 0. The lowest BCUT2D eigenvalue weighted by atomic mass is 9.96. The van der Waals surface area contributed by atoms with Crippen LogP contribution in [-0.2, 0) is 4.79 Å². The largest absolute Gasteiger partial charge is 0.497 e. The number of methoxy groups -OCH3 is 1. The molecular weight excluding hydrogens is 300 g/mol. The van der Waals surface area contributed by atoms with Crippen LogP contribution >= 0.6 is 12.4 Å². The molecule has 2 rings (SSSR count). The second-order valence-corrected chi connectivity index (χ2v) is 6.14. The van der Waals surface area contributed by atoms with Crippen molar-refractivity contribution in [3.05, 3.63) is 29.8 Å². The predicted molar refractivity (Wildman–Crippen MR) is 91.6 cm³/mol. The number of carbonyl (C=O) groups excluding carboxylic acids is 1. The van der Waals surface area contributed by atoms with Crippen molar-refractivity contribution in [1.82, 2.24) is 10.6 Å². The lowest BCUT2D eigenvalue weighted by Crippen LogP contribution is -2.38. The lowest BCUT2D eigenvalue weighted by molar-refractivity contribution is -0.121. The van der Waals surface area contributed by atoms with Crippen molar-refractivity contribution in [1.29, 1.82) is 0 Å². The smallest absolute Gasteiger partial charge is 0.234 e. The number of halogens is 1.